The van der Waals surface area contributed by atoms with Gasteiger partial charge < -0.3 is 15.0 Å². The van der Waals surface area contributed by atoms with E-state index in [2.05, 4.69) is 5.32 Å². The van der Waals surface area contributed by atoms with E-state index < -0.39 is 0 Å². The summed E-state index contributed by atoms with van der Waals surface area (Å²) in [7, 11) is 1.54. The topological polar surface area (TPSA) is 75.7 Å². The first kappa shape index (κ1) is 18.6. The lowest BCUT2D eigenvalue weighted by molar-refractivity contribution is -0.117. The van der Waals surface area contributed by atoms with Gasteiger partial charge in [0.25, 0.3) is 0 Å². The monoisotopic (exact) mass is 366 g/mol. The van der Waals surface area contributed by atoms with Crippen LogP contribution in [0.25, 0.3) is 0 Å². The summed E-state index contributed by atoms with van der Waals surface area (Å²) < 4.78 is 5.11. The normalized spacial score (nSPS) is 12.4. The second-order valence-corrected chi connectivity index (χ2v) is 6.47. The number of methoxy groups -OCH3 is 1. The maximum absolute atomic E-state index is 12.3. The molecule has 0 aliphatic carbocycles. The number of ketones is 1. The summed E-state index contributed by atoms with van der Waals surface area (Å²) in [5.74, 6) is 0.249. The molecule has 2 aromatic rings. The predicted octanol–water partition coefficient (Wildman–Crippen LogP) is 3.21. The van der Waals surface area contributed by atoms with Crippen molar-refractivity contribution in [3.05, 3.63) is 53.6 Å². The van der Waals surface area contributed by atoms with Gasteiger partial charge in [-0.25, -0.2) is 0 Å². The van der Waals surface area contributed by atoms with Crippen molar-refractivity contribution in [1.82, 2.24) is 0 Å². The molecular formula is C21H22N2O4. The Morgan fingerprint density at radius 2 is 1.93 bits per heavy atom. The number of amides is 2. The third-order valence-corrected chi connectivity index (χ3v) is 4.62. The zero-order chi connectivity index (χ0) is 19.4. The summed E-state index contributed by atoms with van der Waals surface area (Å²) >= 11 is 0. The van der Waals surface area contributed by atoms with Crippen molar-refractivity contribution in [1.29, 1.82) is 0 Å². The first-order valence-corrected chi connectivity index (χ1v) is 8.86. The number of hydrogen-bond acceptors (Lipinski definition) is 4. The Morgan fingerprint density at radius 1 is 1.11 bits per heavy atom. The molecule has 0 radical (unpaired) electrons. The van der Waals surface area contributed by atoms with Crippen LogP contribution in [0.1, 0.15) is 35.7 Å². The van der Waals surface area contributed by atoms with Gasteiger partial charge in [-0.3, -0.25) is 14.4 Å². The standard InChI is InChI=1S/C21H22N2O4/c1-14(24)23-11-10-15-6-7-17(13-19(15)23)22-21(26)9-8-20(25)16-4-3-5-18(12-16)27-2/h3-7,12-13H,8-11H2,1-2H3,(H,22,26). The van der Waals surface area contributed by atoms with E-state index in [9.17, 15) is 14.4 Å². The third kappa shape index (κ3) is 4.34. The van der Waals surface area contributed by atoms with Gasteiger partial charge in [-0.2, -0.15) is 0 Å². The smallest absolute Gasteiger partial charge is 0.224 e. The highest BCUT2D eigenvalue weighted by Gasteiger charge is 2.22. The van der Waals surface area contributed by atoms with Crippen LogP contribution in [-0.2, 0) is 16.0 Å². The fourth-order valence-electron chi connectivity index (χ4n) is 3.18. The van der Waals surface area contributed by atoms with Crippen molar-refractivity contribution in [3.63, 3.8) is 0 Å². The Morgan fingerprint density at radius 3 is 2.67 bits per heavy atom. The maximum Gasteiger partial charge on any atom is 0.224 e. The van der Waals surface area contributed by atoms with Crippen LogP contribution in [0.3, 0.4) is 0 Å². The van der Waals surface area contributed by atoms with Gasteiger partial charge in [0.15, 0.2) is 5.78 Å². The number of hydrogen-bond donors (Lipinski definition) is 1. The summed E-state index contributed by atoms with van der Waals surface area (Å²) in [5, 5.41) is 2.81. The van der Waals surface area contributed by atoms with Crippen LogP contribution in [0.2, 0.25) is 0 Å². The molecule has 0 spiro atoms. The van der Waals surface area contributed by atoms with Crippen molar-refractivity contribution < 1.29 is 19.1 Å². The van der Waals surface area contributed by atoms with E-state index in [-0.39, 0.29) is 30.4 Å². The fourth-order valence-corrected chi connectivity index (χ4v) is 3.18. The number of carbonyl (C=O) groups excluding carboxylic acids is 3. The Labute approximate surface area is 158 Å². The van der Waals surface area contributed by atoms with Crippen LogP contribution in [-0.4, -0.2) is 31.3 Å². The highest BCUT2D eigenvalue weighted by Crippen LogP contribution is 2.31. The average molecular weight is 366 g/mol. The summed E-state index contributed by atoms with van der Waals surface area (Å²) in [4.78, 5) is 37.9. The molecule has 27 heavy (non-hydrogen) atoms. The lowest BCUT2D eigenvalue weighted by Gasteiger charge is -2.15. The molecule has 6 heteroatoms. The molecule has 1 aliphatic heterocycles. The van der Waals surface area contributed by atoms with Crippen molar-refractivity contribution >= 4 is 29.0 Å². The quantitative estimate of drug-likeness (QED) is 0.797. The second-order valence-electron chi connectivity index (χ2n) is 6.47. The fraction of sp³-hybridized carbons (Fsp3) is 0.286. The predicted molar refractivity (Wildman–Crippen MR) is 103 cm³/mol. The Kier molecular flexibility index (Phi) is 5.54. The molecule has 0 unspecified atom stereocenters. The second kappa shape index (κ2) is 8.03. The van der Waals surface area contributed by atoms with Crippen LogP contribution < -0.4 is 15.0 Å². The molecule has 0 bridgehead atoms. The molecule has 1 N–H and O–H groups in total. The number of benzene rings is 2. The van der Waals surface area contributed by atoms with Crippen molar-refractivity contribution in [3.8, 4) is 5.75 Å². The third-order valence-electron chi connectivity index (χ3n) is 4.62. The minimum atomic E-state index is -0.237. The molecule has 2 amide bonds. The van der Waals surface area contributed by atoms with Crippen LogP contribution in [0.4, 0.5) is 11.4 Å². The number of anilines is 2. The lowest BCUT2D eigenvalue weighted by atomic mass is 10.1. The highest BCUT2D eigenvalue weighted by atomic mass is 16.5. The van der Waals surface area contributed by atoms with E-state index in [4.69, 9.17) is 4.74 Å². The molecule has 2 aromatic carbocycles. The number of nitrogens with zero attached hydrogens (tertiary/aromatic N) is 1. The van der Waals surface area contributed by atoms with Gasteiger partial charge in [0, 0.05) is 43.2 Å². The Balaban J connectivity index is 1.59. The first-order valence-electron chi connectivity index (χ1n) is 8.86. The highest BCUT2D eigenvalue weighted by molar-refractivity contribution is 6.01. The minimum Gasteiger partial charge on any atom is -0.497 e. The zero-order valence-corrected chi connectivity index (χ0v) is 15.5. The number of fused-ring (bicyclic) bond motifs is 1. The molecule has 0 aromatic heterocycles. The molecule has 0 fully saturated rings. The van der Waals surface area contributed by atoms with E-state index in [1.54, 1.807) is 36.3 Å². The Bertz CT molecular complexity index is 892. The number of Topliss-reactive ketones (excluding diaryl/α,β-unsaturated/α-hetero) is 1. The molecule has 1 heterocycles. The molecule has 6 nitrogen and oxygen atoms in total. The van der Waals surface area contributed by atoms with Crippen LogP contribution >= 0.6 is 0 Å². The zero-order valence-electron chi connectivity index (χ0n) is 15.5. The summed E-state index contributed by atoms with van der Waals surface area (Å²) in [6.45, 7) is 2.20. The van der Waals surface area contributed by atoms with Crippen LogP contribution in [0, 0.1) is 0 Å². The van der Waals surface area contributed by atoms with Gasteiger partial charge in [0.1, 0.15) is 5.75 Å². The minimum absolute atomic E-state index is 0.0129. The molecule has 3 rings (SSSR count). The van der Waals surface area contributed by atoms with E-state index in [1.807, 2.05) is 18.2 Å². The lowest BCUT2D eigenvalue weighted by Crippen LogP contribution is -2.25. The molecule has 0 saturated heterocycles. The van der Waals surface area contributed by atoms with Crippen LogP contribution in [0.15, 0.2) is 42.5 Å². The van der Waals surface area contributed by atoms with E-state index in [0.29, 0.717) is 23.5 Å². The van der Waals surface area contributed by atoms with E-state index in [0.717, 1.165) is 17.7 Å². The largest absolute Gasteiger partial charge is 0.497 e. The molecule has 0 atom stereocenters. The van der Waals surface area contributed by atoms with Gasteiger partial charge in [-0.15, -0.1) is 0 Å². The Hall–Kier alpha value is -3.15. The van der Waals surface area contributed by atoms with E-state index >= 15 is 0 Å². The summed E-state index contributed by atoms with van der Waals surface area (Å²) in [6.07, 6.45) is 1.02. The van der Waals surface area contributed by atoms with Gasteiger partial charge in [0.2, 0.25) is 11.8 Å². The molecule has 0 saturated carbocycles. The van der Waals surface area contributed by atoms with Gasteiger partial charge in [0.05, 0.1) is 7.11 Å². The number of rotatable bonds is 6. The maximum atomic E-state index is 12.3. The van der Waals surface area contributed by atoms with Crippen molar-refractivity contribution in [2.24, 2.45) is 0 Å². The number of ether oxygens (including phenoxy) is 1. The van der Waals surface area contributed by atoms with Crippen LogP contribution in [0.5, 0.6) is 5.75 Å². The van der Waals surface area contributed by atoms with Crippen molar-refractivity contribution in [2.45, 2.75) is 26.2 Å². The molecule has 1 aliphatic rings. The average Bonchev–Trinajstić information content (AvgIpc) is 3.09. The summed E-state index contributed by atoms with van der Waals surface area (Å²) in [6, 6.07) is 12.4. The van der Waals surface area contributed by atoms with Crippen molar-refractivity contribution in [2.75, 3.05) is 23.9 Å². The van der Waals surface area contributed by atoms with E-state index in [1.165, 1.54) is 6.92 Å². The summed E-state index contributed by atoms with van der Waals surface area (Å²) in [5.41, 5.74) is 3.08. The van der Waals surface area contributed by atoms with Gasteiger partial charge >= 0.3 is 0 Å². The van der Waals surface area contributed by atoms with Gasteiger partial charge in [-0.1, -0.05) is 18.2 Å². The number of nitrogens with one attached hydrogen (secondary N) is 1. The SMILES string of the molecule is COc1cccc(C(=O)CCC(=O)Nc2ccc3c(c2)N(C(C)=O)CC3)c1. The molecular weight excluding hydrogens is 344 g/mol. The number of carbonyl (C=O) groups is 3. The van der Waals surface area contributed by atoms with Gasteiger partial charge in [-0.05, 0) is 36.2 Å². The first-order chi connectivity index (χ1) is 13.0. The molecule has 140 valence electrons.